The van der Waals surface area contributed by atoms with Crippen LogP contribution in [0.5, 0.6) is 0 Å². The molecule has 2 N–H and O–H groups in total. The van der Waals surface area contributed by atoms with Crippen molar-refractivity contribution < 1.29 is 13.9 Å². The first kappa shape index (κ1) is 14.0. The van der Waals surface area contributed by atoms with Crippen molar-refractivity contribution in [1.29, 1.82) is 5.26 Å². The van der Waals surface area contributed by atoms with Crippen molar-refractivity contribution in [3.05, 3.63) is 65.2 Å². The fraction of sp³-hybridized carbons (Fsp3) is 0.133. The number of nitriles is 1. The first-order chi connectivity index (χ1) is 9.60. The molecule has 0 bridgehead atoms. The normalized spacial score (nSPS) is 11.7. The standard InChI is InChI=1S/C15H12F2N2O/c16-12-4-2-11(3-5-12)15(20)9-19-14-6-1-10(8-18)7-13(14)17/h1-7,15,19-20H,9H2. The van der Waals surface area contributed by atoms with Gasteiger partial charge in [0.15, 0.2) is 0 Å². The van der Waals surface area contributed by atoms with Gasteiger partial charge < -0.3 is 10.4 Å². The smallest absolute Gasteiger partial charge is 0.147 e. The third-order valence-corrected chi connectivity index (χ3v) is 2.84. The third kappa shape index (κ3) is 3.31. The lowest BCUT2D eigenvalue weighted by atomic mass is 10.1. The van der Waals surface area contributed by atoms with E-state index in [9.17, 15) is 13.9 Å². The molecule has 5 heteroatoms. The number of hydrogen-bond donors (Lipinski definition) is 2. The summed E-state index contributed by atoms with van der Waals surface area (Å²) in [5.41, 5.74) is 0.963. The zero-order chi connectivity index (χ0) is 14.5. The van der Waals surface area contributed by atoms with E-state index < -0.39 is 11.9 Å². The molecule has 0 amide bonds. The van der Waals surface area contributed by atoms with Gasteiger partial charge in [0.1, 0.15) is 11.6 Å². The van der Waals surface area contributed by atoms with E-state index in [-0.39, 0.29) is 23.6 Å². The fourth-order valence-corrected chi connectivity index (χ4v) is 1.74. The summed E-state index contributed by atoms with van der Waals surface area (Å²) in [4.78, 5) is 0. The lowest BCUT2D eigenvalue weighted by Gasteiger charge is -2.13. The number of halogens is 2. The quantitative estimate of drug-likeness (QED) is 0.901. The number of rotatable bonds is 4. The lowest BCUT2D eigenvalue weighted by molar-refractivity contribution is 0.191. The highest BCUT2D eigenvalue weighted by atomic mass is 19.1. The minimum atomic E-state index is -0.884. The number of aliphatic hydroxyl groups excluding tert-OH is 1. The summed E-state index contributed by atoms with van der Waals surface area (Å²) in [6.07, 6.45) is -0.884. The molecule has 0 radical (unpaired) electrons. The number of hydrogen-bond acceptors (Lipinski definition) is 3. The van der Waals surface area contributed by atoms with E-state index in [2.05, 4.69) is 5.32 Å². The molecule has 0 fully saturated rings. The molecular formula is C15H12F2N2O. The molecule has 2 rings (SSSR count). The van der Waals surface area contributed by atoms with E-state index in [1.54, 1.807) is 0 Å². The second-order valence-corrected chi connectivity index (χ2v) is 4.25. The third-order valence-electron chi connectivity index (χ3n) is 2.84. The van der Waals surface area contributed by atoms with Gasteiger partial charge in [-0.05, 0) is 35.9 Å². The largest absolute Gasteiger partial charge is 0.387 e. The average Bonchev–Trinajstić information content (AvgIpc) is 2.46. The molecule has 20 heavy (non-hydrogen) atoms. The summed E-state index contributed by atoms with van der Waals surface area (Å²) in [6, 6.07) is 11.3. The van der Waals surface area contributed by atoms with Gasteiger partial charge in [0.25, 0.3) is 0 Å². The second-order valence-electron chi connectivity index (χ2n) is 4.25. The van der Waals surface area contributed by atoms with E-state index in [1.807, 2.05) is 6.07 Å². The van der Waals surface area contributed by atoms with Gasteiger partial charge in [-0.25, -0.2) is 8.78 Å². The van der Waals surface area contributed by atoms with Gasteiger partial charge >= 0.3 is 0 Å². The Morgan fingerprint density at radius 1 is 1.15 bits per heavy atom. The molecule has 0 aliphatic heterocycles. The summed E-state index contributed by atoms with van der Waals surface area (Å²) >= 11 is 0. The second kappa shape index (κ2) is 6.13. The van der Waals surface area contributed by atoms with Crippen LogP contribution in [0.4, 0.5) is 14.5 Å². The van der Waals surface area contributed by atoms with Crippen LogP contribution in [0.15, 0.2) is 42.5 Å². The molecule has 0 saturated carbocycles. The van der Waals surface area contributed by atoms with E-state index in [1.165, 1.54) is 36.4 Å². The van der Waals surface area contributed by atoms with E-state index in [4.69, 9.17) is 5.26 Å². The van der Waals surface area contributed by atoms with Crippen molar-refractivity contribution in [3.8, 4) is 6.07 Å². The Bertz CT molecular complexity index is 635. The fourth-order valence-electron chi connectivity index (χ4n) is 1.74. The van der Waals surface area contributed by atoms with E-state index in [0.717, 1.165) is 6.07 Å². The molecular weight excluding hydrogens is 262 g/mol. The Kier molecular flexibility index (Phi) is 4.28. The molecule has 3 nitrogen and oxygen atoms in total. The minimum absolute atomic E-state index is 0.0778. The molecule has 1 unspecified atom stereocenters. The van der Waals surface area contributed by atoms with Crippen molar-refractivity contribution in [2.75, 3.05) is 11.9 Å². The van der Waals surface area contributed by atoms with Crippen LogP contribution in [0.1, 0.15) is 17.2 Å². The van der Waals surface area contributed by atoms with Gasteiger partial charge in [-0.3, -0.25) is 0 Å². The van der Waals surface area contributed by atoms with Gasteiger partial charge in [0.05, 0.1) is 23.4 Å². The Morgan fingerprint density at radius 2 is 1.85 bits per heavy atom. The summed E-state index contributed by atoms with van der Waals surface area (Å²) in [7, 11) is 0. The van der Waals surface area contributed by atoms with Gasteiger partial charge in [-0.15, -0.1) is 0 Å². The molecule has 2 aromatic rings. The van der Waals surface area contributed by atoms with Gasteiger partial charge in [0, 0.05) is 6.54 Å². The average molecular weight is 274 g/mol. The lowest BCUT2D eigenvalue weighted by Crippen LogP contribution is -2.13. The Morgan fingerprint density at radius 3 is 2.45 bits per heavy atom. The summed E-state index contributed by atoms with van der Waals surface area (Å²) in [5, 5.41) is 21.3. The zero-order valence-corrected chi connectivity index (χ0v) is 10.5. The maximum Gasteiger partial charge on any atom is 0.147 e. The van der Waals surface area contributed by atoms with Crippen LogP contribution in [0.2, 0.25) is 0 Å². The van der Waals surface area contributed by atoms with Crippen molar-refractivity contribution in [1.82, 2.24) is 0 Å². The van der Waals surface area contributed by atoms with Gasteiger partial charge in [0.2, 0.25) is 0 Å². The summed E-state index contributed by atoms with van der Waals surface area (Å²) in [5.74, 6) is -0.942. The SMILES string of the molecule is N#Cc1ccc(NCC(O)c2ccc(F)cc2)c(F)c1. The Hall–Kier alpha value is -2.45. The van der Waals surface area contributed by atoms with E-state index >= 15 is 0 Å². The molecule has 1 atom stereocenters. The van der Waals surface area contributed by atoms with Crippen molar-refractivity contribution in [3.63, 3.8) is 0 Å². The molecule has 0 heterocycles. The monoisotopic (exact) mass is 274 g/mol. The van der Waals surface area contributed by atoms with Gasteiger partial charge in [-0.1, -0.05) is 12.1 Å². The highest BCUT2D eigenvalue weighted by molar-refractivity contribution is 5.49. The molecule has 0 aliphatic carbocycles. The molecule has 0 spiro atoms. The van der Waals surface area contributed by atoms with Crippen LogP contribution in [-0.2, 0) is 0 Å². The number of nitrogens with zero attached hydrogens (tertiary/aromatic N) is 1. The number of aliphatic hydroxyl groups is 1. The van der Waals surface area contributed by atoms with E-state index in [0.29, 0.717) is 5.56 Å². The number of anilines is 1. The molecule has 0 saturated heterocycles. The maximum atomic E-state index is 13.6. The molecule has 2 aromatic carbocycles. The van der Waals surface area contributed by atoms with Crippen LogP contribution in [0, 0.1) is 23.0 Å². The zero-order valence-electron chi connectivity index (χ0n) is 10.5. The Balaban J connectivity index is 2.01. The minimum Gasteiger partial charge on any atom is -0.387 e. The highest BCUT2D eigenvalue weighted by Gasteiger charge is 2.09. The first-order valence-corrected chi connectivity index (χ1v) is 5.97. The van der Waals surface area contributed by atoms with Crippen LogP contribution in [0.25, 0.3) is 0 Å². The van der Waals surface area contributed by atoms with Gasteiger partial charge in [-0.2, -0.15) is 5.26 Å². The van der Waals surface area contributed by atoms with Crippen LogP contribution in [0.3, 0.4) is 0 Å². The molecule has 102 valence electrons. The molecule has 0 aliphatic rings. The predicted molar refractivity (Wildman–Crippen MR) is 71.0 cm³/mol. The summed E-state index contributed by atoms with van der Waals surface area (Å²) < 4.78 is 26.4. The van der Waals surface area contributed by atoms with Crippen LogP contribution >= 0.6 is 0 Å². The maximum absolute atomic E-state index is 13.6. The summed E-state index contributed by atoms with van der Waals surface area (Å²) in [6.45, 7) is 0.0778. The predicted octanol–water partition coefficient (Wildman–Crippen LogP) is 2.98. The number of benzene rings is 2. The molecule has 0 aromatic heterocycles. The van der Waals surface area contributed by atoms with Crippen LogP contribution in [-0.4, -0.2) is 11.7 Å². The number of nitrogens with one attached hydrogen (secondary N) is 1. The Labute approximate surface area is 115 Å². The topological polar surface area (TPSA) is 56.0 Å². The first-order valence-electron chi connectivity index (χ1n) is 5.97. The highest BCUT2D eigenvalue weighted by Crippen LogP contribution is 2.18. The van der Waals surface area contributed by atoms with Crippen molar-refractivity contribution >= 4 is 5.69 Å². The van der Waals surface area contributed by atoms with Crippen molar-refractivity contribution in [2.45, 2.75) is 6.10 Å². The van der Waals surface area contributed by atoms with Crippen LogP contribution < -0.4 is 5.32 Å². The van der Waals surface area contributed by atoms with Crippen molar-refractivity contribution in [2.24, 2.45) is 0 Å².